The molecule has 4 nitrogen and oxygen atoms in total. The maximum Gasteiger partial charge on any atom is 0.410 e. The molecule has 2 saturated heterocycles. The molecule has 2 unspecified atom stereocenters. The average molecular weight is 403 g/mol. The van der Waals surface area contributed by atoms with Crippen molar-refractivity contribution in [3.63, 3.8) is 0 Å². The lowest BCUT2D eigenvalue weighted by Crippen LogP contribution is -2.66. The summed E-state index contributed by atoms with van der Waals surface area (Å²) < 4.78 is 6.32. The van der Waals surface area contributed by atoms with E-state index in [9.17, 15) is 9.90 Å². The number of piperidine rings is 2. The summed E-state index contributed by atoms with van der Waals surface area (Å²) >= 11 is 9.71. The molecule has 23 heavy (non-hydrogen) atoms. The van der Waals surface area contributed by atoms with Crippen molar-refractivity contribution in [3.05, 3.63) is 33.3 Å². The first-order valence-electron chi connectivity index (χ1n) is 7.77. The molecule has 4 rings (SSSR count). The van der Waals surface area contributed by atoms with E-state index in [-0.39, 0.29) is 17.9 Å². The predicted molar refractivity (Wildman–Crippen MR) is 92.5 cm³/mol. The number of ether oxygens (including phenoxy) is 1. The van der Waals surface area contributed by atoms with Crippen LogP contribution in [-0.4, -0.2) is 34.8 Å². The van der Waals surface area contributed by atoms with E-state index in [4.69, 9.17) is 16.3 Å². The van der Waals surface area contributed by atoms with Gasteiger partial charge in [0.1, 0.15) is 11.2 Å². The highest BCUT2D eigenvalue weighted by Crippen LogP contribution is 2.56. The second-order valence-electron chi connectivity index (χ2n) is 7.46. The lowest BCUT2D eigenvalue weighted by molar-refractivity contribution is -0.200. The number of carbonyl (C=O) groups excluding carboxylic acids is 1. The summed E-state index contributed by atoms with van der Waals surface area (Å²) in [6, 6.07) is 5.56. The molecule has 2 atom stereocenters. The van der Waals surface area contributed by atoms with Crippen molar-refractivity contribution >= 4 is 33.6 Å². The van der Waals surface area contributed by atoms with Crippen LogP contribution in [-0.2, 0) is 10.3 Å². The molecule has 1 aromatic carbocycles. The minimum atomic E-state index is -0.948. The van der Waals surface area contributed by atoms with Crippen LogP contribution in [0.1, 0.15) is 32.8 Å². The van der Waals surface area contributed by atoms with Gasteiger partial charge in [0.15, 0.2) is 0 Å². The quantitative estimate of drug-likeness (QED) is 0.767. The maximum absolute atomic E-state index is 12.2. The molecule has 1 N–H and O–H groups in total. The highest BCUT2D eigenvalue weighted by molar-refractivity contribution is 9.10. The van der Waals surface area contributed by atoms with E-state index in [0.29, 0.717) is 18.1 Å². The molecule has 6 heteroatoms. The smallest absolute Gasteiger partial charge is 0.410 e. The van der Waals surface area contributed by atoms with Gasteiger partial charge in [0.2, 0.25) is 0 Å². The Hall–Kier alpha value is -0.780. The van der Waals surface area contributed by atoms with Gasteiger partial charge in [0, 0.05) is 40.0 Å². The van der Waals surface area contributed by atoms with Crippen molar-refractivity contribution in [3.8, 4) is 0 Å². The fraction of sp³-hybridized carbons (Fsp3) is 0.588. The number of aliphatic hydroxyl groups is 1. The van der Waals surface area contributed by atoms with Gasteiger partial charge in [0.25, 0.3) is 0 Å². The lowest BCUT2D eigenvalue weighted by Gasteiger charge is -2.59. The van der Waals surface area contributed by atoms with Gasteiger partial charge in [-0.05, 0) is 39.3 Å². The van der Waals surface area contributed by atoms with Gasteiger partial charge in [0.05, 0.1) is 0 Å². The van der Waals surface area contributed by atoms with E-state index in [1.165, 1.54) is 0 Å². The third kappa shape index (κ3) is 2.99. The molecule has 2 aliphatic heterocycles. The van der Waals surface area contributed by atoms with Gasteiger partial charge in [-0.3, -0.25) is 0 Å². The summed E-state index contributed by atoms with van der Waals surface area (Å²) in [6.07, 6.45) is 0.596. The van der Waals surface area contributed by atoms with Crippen molar-refractivity contribution in [2.45, 2.75) is 38.4 Å². The Balaban J connectivity index is 1.77. The molecule has 0 aromatic heterocycles. The van der Waals surface area contributed by atoms with Crippen molar-refractivity contribution in [2.75, 3.05) is 13.1 Å². The normalized spacial score (nSPS) is 29.9. The predicted octanol–water partition coefficient (Wildman–Crippen LogP) is 4.18. The Kier molecular flexibility index (Phi) is 4.18. The van der Waals surface area contributed by atoms with Crippen LogP contribution in [0.15, 0.2) is 22.7 Å². The first-order chi connectivity index (χ1) is 10.6. The van der Waals surface area contributed by atoms with Crippen molar-refractivity contribution < 1.29 is 14.6 Å². The molecule has 0 spiro atoms. The van der Waals surface area contributed by atoms with E-state index in [1.807, 2.05) is 32.9 Å². The highest BCUT2D eigenvalue weighted by atomic mass is 79.9. The van der Waals surface area contributed by atoms with Gasteiger partial charge in [-0.2, -0.15) is 0 Å². The van der Waals surface area contributed by atoms with Gasteiger partial charge >= 0.3 is 6.09 Å². The number of nitrogens with zero attached hydrogens (tertiary/aromatic N) is 1. The first-order valence-corrected chi connectivity index (χ1v) is 8.94. The van der Waals surface area contributed by atoms with Crippen LogP contribution in [0.2, 0.25) is 5.02 Å². The molecule has 126 valence electrons. The van der Waals surface area contributed by atoms with Gasteiger partial charge in [-0.1, -0.05) is 33.6 Å². The third-order valence-corrected chi connectivity index (χ3v) is 5.52. The molecule has 2 bridgehead atoms. The van der Waals surface area contributed by atoms with Crippen LogP contribution < -0.4 is 0 Å². The lowest BCUT2D eigenvalue weighted by atomic mass is 9.55. The number of benzene rings is 1. The van der Waals surface area contributed by atoms with Crippen molar-refractivity contribution in [1.29, 1.82) is 0 Å². The Morgan fingerprint density at radius 1 is 1.39 bits per heavy atom. The van der Waals surface area contributed by atoms with E-state index in [0.717, 1.165) is 16.5 Å². The Morgan fingerprint density at radius 3 is 2.52 bits per heavy atom. The molecule has 0 radical (unpaired) electrons. The van der Waals surface area contributed by atoms with Gasteiger partial charge in [-0.25, -0.2) is 4.79 Å². The van der Waals surface area contributed by atoms with E-state index in [2.05, 4.69) is 15.9 Å². The van der Waals surface area contributed by atoms with E-state index < -0.39 is 11.2 Å². The standard InChI is InChI=1S/C17H21BrClNO3/c1-16(2,3)23-15(21)20-8-10-6-11(9-20)17(10,22)13-5-4-12(18)7-14(13)19/h4-5,7,10-11,22H,6,8-9H2,1-3H3. The monoisotopic (exact) mass is 401 g/mol. The number of carbonyl (C=O) groups is 1. The maximum atomic E-state index is 12.2. The summed E-state index contributed by atoms with van der Waals surface area (Å²) in [4.78, 5) is 13.9. The number of hydrogen-bond acceptors (Lipinski definition) is 3. The van der Waals surface area contributed by atoms with Crippen molar-refractivity contribution in [1.82, 2.24) is 4.90 Å². The number of rotatable bonds is 1. The molecule has 1 amide bonds. The number of amides is 1. The molecule has 2 heterocycles. The Labute approximate surface area is 149 Å². The van der Waals surface area contributed by atoms with Crippen LogP contribution in [0.5, 0.6) is 0 Å². The van der Waals surface area contributed by atoms with E-state index >= 15 is 0 Å². The summed E-state index contributed by atoms with van der Waals surface area (Å²) in [7, 11) is 0. The third-order valence-electron chi connectivity index (χ3n) is 4.71. The molecular weight excluding hydrogens is 382 g/mol. The molecule has 3 fully saturated rings. The summed E-state index contributed by atoms with van der Waals surface area (Å²) in [5, 5.41) is 11.7. The highest BCUT2D eigenvalue weighted by Gasteiger charge is 2.60. The molecule has 3 aliphatic rings. The minimum absolute atomic E-state index is 0.00700. The fourth-order valence-corrected chi connectivity index (χ4v) is 4.46. The second kappa shape index (κ2) is 5.64. The number of fused-ring (bicyclic) bond motifs is 2. The SMILES string of the molecule is CC(C)(C)OC(=O)N1CC2CC(C1)C2(O)c1ccc(Br)cc1Cl. The summed E-state index contributed by atoms with van der Waals surface area (Å²) in [5.74, 6) is -0.0140. The molecular formula is C17H21BrClNO3. The summed E-state index contributed by atoms with van der Waals surface area (Å²) in [5.41, 5.74) is -0.701. The molecule has 1 aromatic rings. The van der Waals surface area contributed by atoms with Crippen LogP contribution in [0, 0.1) is 11.8 Å². The average Bonchev–Trinajstić information content (AvgIpc) is 2.44. The zero-order valence-electron chi connectivity index (χ0n) is 13.5. The number of hydrogen-bond donors (Lipinski definition) is 1. The molecule has 1 saturated carbocycles. The van der Waals surface area contributed by atoms with Crippen LogP contribution in [0.4, 0.5) is 4.79 Å². The molecule has 1 aliphatic carbocycles. The number of halogens is 2. The fourth-order valence-electron chi connectivity index (χ4n) is 3.64. The van der Waals surface area contributed by atoms with Gasteiger partial charge < -0.3 is 14.7 Å². The van der Waals surface area contributed by atoms with E-state index in [1.54, 1.807) is 11.0 Å². The zero-order chi connectivity index (χ0) is 17.0. The Bertz CT molecular complexity index is 631. The second-order valence-corrected chi connectivity index (χ2v) is 8.79. The zero-order valence-corrected chi connectivity index (χ0v) is 15.8. The topological polar surface area (TPSA) is 49.8 Å². The first kappa shape index (κ1) is 17.1. The van der Waals surface area contributed by atoms with Crippen LogP contribution >= 0.6 is 27.5 Å². The summed E-state index contributed by atoms with van der Waals surface area (Å²) in [6.45, 7) is 6.55. The van der Waals surface area contributed by atoms with Gasteiger partial charge in [-0.15, -0.1) is 0 Å². The van der Waals surface area contributed by atoms with Crippen molar-refractivity contribution in [2.24, 2.45) is 11.8 Å². The minimum Gasteiger partial charge on any atom is -0.444 e. The Morgan fingerprint density at radius 2 is 2.00 bits per heavy atom. The van der Waals surface area contributed by atoms with Crippen LogP contribution in [0.25, 0.3) is 0 Å². The largest absolute Gasteiger partial charge is 0.444 e. The van der Waals surface area contributed by atoms with Crippen LogP contribution in [0.3, 0.4) is 0 Å².